The highest BCUT2D eigenvalue weighted by atomic mass is 16.6. The number of amides is 1. The molecule has 0 saturated carbocycles. The Labute approximate surface area is 167 Å². The molecule has 2 aromatic carbocycles. The third kappa shape index (κ3) is 5.47. The van der Waals surface area contributed by atoms with E-state index in [1.807, 2.05) is 12.1 Å². The predicted octanol–water partition coefficient (Wildman–Crippen LogP) is 1.85. The van der Waals surface area contributed by atoms with Crippen molar-refractivity contribution in [2.75, 3.05) is 33.5 Å². The maximum Gasteiger partial charge on any atom is 0.344 e. The lowest BCUT2D eigenvalue weighted by Crippen LogP contribution is -2.31. The number of ether oxygens (including phenoxy) is 4. The van der Waals surface area contributed by atoms with Crippen LogP contribution in [0.5, 0.6) is 17.2 Å². The molecule has 0 atom stereocenters. The maximum absolute atomic E-state index is 12.2. The van der Waals surface area contributed by atoms with Gasteiger partial charge < -0.3 is 23.8 Å². The van der Waals surface area contributed by atoms with Crippen LogP contribution in [-0.4, -0.2) is 56.5 Å². The standard InChI is InChI=1S/C21H21NO7/c1-22(11-15-6-7-18-19(10-15)27-9-8-26-18)20(24)13-29-21(25)14-28-17-5-3-2-4-16(17)12-23/h2-7,10,12H,8-9,11,13-14H2,1H3. The minimum absolute atomic E-state index is 0.279. The molecule has 152 valence electrons. The van der Waals surface area contributed by atoms with Crippen LogP contribution in [0.25, 0.3) is 0 Å². The van der Waals surface area contributed by atoms with Crippen molar-refractivity contribution in [3.8, 4) is 17.2 Å². The average molecular weight is 399 g/mol. The highest BCUT2D eigenvalue weighted by molar-refractivity contribution is 5.81. The topological polar surface area (TPSA) is 91.4 Å². The molecule has 1 aliphatic heterocycles. The molecule has 0 aromatic heterocycles. The second-order valence-electron chi connectivity index (χ2n) is 6.33. The maximum atomic E-state index is 12.2. The molecule has 1 heterocycles. The lowest BCUT2D eigenvalue weighted by molar-refractivity contribution is -0.153. The first kappa shape index (κ1) is 20.2. The van der Waals surface area contributed by atoms with Gasteiger partial charge in [-0.15, -0.1) is 0 Å². The van der Waals surface area contributed by atoms with E-state index in [1.54, 1.807) is 37.4 Å². The summed E-state index contributed by atoms with van der Waals surface area (Å²) in [5.41, 5.74) is 1.20. The van der Waals surface area contributed by atoms with E-state index < -0.39 is 19.2 Å². The smallest absolute Gasteiger partial charge is 0.344 e. The Morgan fingerprint density at radius 1 is 1.07 bits per heavy atom. The monoisotopic (exact) mass is 399 g/mol. The molecule has 0 aliphatic carbocycles. The van der Waals surface area contributed by atoms with Crippen molar-refractivity contribution in [1.29, 1.82) is 0 Å². The van der Waals surface area contributed by atoms with E-state index in [-0.39, 0.29) is 11.7 Å². The second kappa shape index (κ2) is 9.59. The summed E-state index contributed by atoms with van der Waals surface area (Å²) in [7, 11) is 1.61. The lowest BCUT2D eigenvalue weighted by Gasteiger charge is -2.21. The van der Waals surface area contributed by atoms with E-state index >= 15 is 0 Å². The van der Waals surface area contributed by atoms with Crippen molar-refractivity contribution in [3.63, 3.8) is 0 Å². The summed E-state index contributed by atoms with van der Waals surface area (Å²) in [6.45, 7) is 0.528. The van der Waals surface area contributed by atoms with Gasteiger partial charge in [-0.2, -0.15) is 0 Å². The first-order valence-electron chi connectivity index (χ1n) is 9.02. The molecular formula is C21H21NO7. The van der Waals surface area contributed by atoms with Gasteiger partial charge in [0.05, 0.1) is 5.56 Å². The molecule has 3 rings (SSSR count). The van der Waals surface area contributed by atoms with Gasteiger partial charge in [0, 0.05) is 13.6 Å². The highest BCUT2D eigenvalue weighted by Crippen LogP contribution is 2.31. The fourth-order valence-electron chi connectivity index (χ4n) is 2.69. The summed E-state index contributed by atoms with van der Waals surface area (Å²) in [4.78, 5) is 36.4. The van der Waals surface area contributed by atoms with Gasteiger partial charge in [0.2, 0.25) is 0 Å². The summed E-state index contributed by atoms with van der Waals surface area (Å²) in [5, 5.41) is 0. The van der Waals surface area contributed by atoms with E-state index in [4.69, 9.17) is 18.9 Å². The zero-order valence-electron chi connectivity index (χ0n) is 16.0. The summed E-state index contributed by atoms with van der Waals surface area (Å²) in [6, 6.07) is 12.0. The molecule has 0 bridgehead atoms. The van der Waals surface area contributed by atoms with Crippen LogP contribution >= 0.6 is 0 Å². The first-order chi connectivity index (χ1) is 14.1. The first-order valence-corrected chi connectivity index (χ1v) is 9.02. The Morgan fingerprint density at radius 2 is 1.83 bits per heavy atom. The van der Waals surface area contributed by atoms with Crippen molar-refractivity contribution in [2.24, 2.45) is 0 Å². The highest BCUT2D eigenvalue weighted by Gasteiger charge is 2.16. The van der Waals surface area contributed by atoms with E-state index in [0.29, 0.717) is 43.1 Å². The number of rotatable bonds is 8. The van der Waals surface area contributed by atoms with Gasteiger partial charge in [-0.05, 0) is 29.8 Å². The van der Waals surface area contributed by atoms with Gasteiger partial charge in [-0.3, -0.25) is 9.59 Å². The Balaban J connectivity index is 1.44. The molecule has 0 N–H and O–H groups in total. The zero-order chi connectivity index (χ0) is 20.6. The van der Waals surface area contributed by atoms with E-state index in [0.717, 1.165) is 5.56 Å². The van der Waals surface area contributed by atoms with Crippen LogP contribution < -0.4 is 14.2 Å². The molecule has 0 fully saturated rings. The Morgan fingerprint density at radius 3 is 2.62 bits per heavy atom. The fourth-order valence-corrected chi connectivity index (χ4v) is 2.69. The van der Waals surface area contributed by atoms with Crippen molar-refractivity contribution >= 4 is 18.2 Å². The van der Waals surface area contributed by atoms with Crippen molar-refractivity contribution in [1.82, 2.24) is 4.90 Å². The SMILES string of the molecule is CN(Cc1ccc2c(c1)OCCO2)C(=O)COC(=O)COc1ccccc1C=O. The minimum atomic E-state index is -0.702. The van der Waals surface area contributed by atoms with Gasteiger partial charge in [0.25, 0.3) is 5.91 Å². The number of hydrogen-bond acceptors (Lipinski definition) is 7. The fraction of sp³-hybridized carbons (Fsp3) is 0.286. The predicted molar refractivity (Wildman–Crippen MR) is 102 cm³/mol. The second-order valence-corrected chi connectivity index (χ2v) is 6.33. The van der Waals surface area contributed by atoms with E-state index in [1.165, 1.54) is 4.90 Å². The number of benzene rings is 2. The van der Waals surface area contributed by atoms with Crippen molar-refractivity contribution in [3.05, 3.63) is 53.6 Å². The van der Waals surface area contributed by atoms with Crippen LogP contribution in [-0.2, 0) is 20.9 Å². The zero-order valence-corrected chi connectivity index (χ0v) is 16.0. The number of esters is 1. The summed E-state index contributed by atoms with van der Waals surface area (Å²) >= 11 is 0. The van der Waals surface area contributed by atoms with Gasteiger partial charge in [-0.25, -0.2) is 4.79 Å². The van der Waals surface area contributed by atoms with Crippen LogP contribution in [0.15, 0.2) is 42.5 Å². The van der Waals surface area contributed by atoms with E-state index in [9.17, 15) is 14.4 Å². The van der Waals surface area contributed by atoms with Gasteiger partial charge in [-0.1, -0.05) is 18.2 Å². The van der Waals surface area contributed by atoms with Gasteiger partial charge in [0.15, 0.2) is 31.0 Å². The molecule has 1 amide bonds. The largest absolute Gasteiger partial charge is 0.486 e. The molecule has 0 radical (unpaired) electrons. The Hall–Kier alpha value is -3.55. The van der Waals surface area contributed by atoms with Crippen molar-refractivity contribution in [2.45, 2.75) is 6.54 Å². The van der Waals surface area contributed by atoms with Crippen LogP contribution in [0.1, 0.15) is 15.9 Å². The Bertz CT molecular complexity index is 896. The lowest BCUT2D eigenvalue weighted by atomic mass is 10.2. The quantitative estimate of drug-likeness (QED) is 0.494. The number of carbonyl (C=O) groups excluding carboxylic acids is 3. The number of aldehydes is 1. The normalized spacial score (nSPS) is 12.0. The number of carbonyl (C=O) groups is 3. The third-order valence-corrected chi connectivity index (χ3v) is 4.20. The van der Waals surface area contributed by atoms with Gasteiger partial charge >= 0.3 is 5.97 Å². The molecule has 29 heavy (non-hydrogen) atoms. The molecule has 0 unspecified atom stereocenters. The minimum Gasteiger partial charge on any atom is -0.486 e. The molecule has 2 aromatic rings. The molecule has 0 spiro atoms. The van der Waals surface area contributed by atoms with Crippen LogP contribution in [0.4, 0.5) is 0 Å². The Kier molecular flexibility index (Phi) is 6.67. The van der Waals surface area contributed by atoms with Crippen LogP contribution in [0, 0.1) is 0 Å². The van der Waals surface area contributed by atoms with Crippen molar-refractivity contribution < 1.29 is 33.3 Å². The number of hydrogen-bond donors (Lipinski definition) is 0. The van der Waals surface area contributed by atoms with Gasteiger partial charge in [0.1, 0.15) is 19.0 Å². The van der Waals surface area contributed by atoms with Crippen LogP contribution in [0.3, 0.4) is 0 Å². The van der Waals surface area contributed by atoms with Crippen LogP contribution in [0.2, 0.25) is 0 Å². The third-order valence-electron chi connectivity index (χ3n) is 4.20. The number of para-hydroxylation sites is 1. The molecular weight excluding hydrogens is 378 g/mol. The molecule has 8 nitrogen and oxygen atoms in total. The molecule has 1 aliphatic rings. The van der Waals surface area contributed by atoms with E-state index in [2.05, 4.69) is 0 Å². The number of fused-ring (bicyclic) bond motifs is 1. The molecule has 0 saturated heterocycles. The number of nitrogens with zero attached hydrogens (tertiary/aromatic N) is 1. The summed E-state index contributed by atoms with van der Waals surface area (Å²) < 4.78 is 21.2. The molecule has 8 heteroatoms. The summed E-state index contributed by atoms with van der Waals surface area (Å²) in [6.07, 6.45) is 0.636. The summed E-state index contributed by atoms with van der Waals surface area (Å²) in [5.74, 6) is 0.544. The average Bonchev–Trinajstić information content (AvgIpc) is 2.76. The number of likely N-dealkylation sites (N-methyl/N-ethyl adjacent to an activating group) is 1.